The summed E-state index contributed by atoms with van der Waals surface area (Å²) in [5, 5.41) is 3.71. The van der Waals surface area contributed by atoms with Gasteiger partial charge in [0.1, 0.15) is 19.3 Å². The van der Waals surface area contributed by atoms with Gasteiger partial charge in [-0.05, 0) is 23.6 Å². The summed E-state index contributed by atoms with van der Waals surface area (Å²) in [7, 11) is 1.39. The van der Waals surface area contributed by atoms with Crippen molar-refractivity contribution in [3.05, 3.63) is 22.7 Å². The minimum absolute atomic E-state index is 0.130. The third-order valence-electron chi connectivity index (χ3n) is 3.30. The number of carbonyl (C=O) groups is 1. The highest BCUT2D eigenvalue weighted by Crippen LogP contribution is 2.38. The van der Waals surface area contributed by atoms with Gasteiger partial charge in [-0.3, -0.25) is 4.79 Å². The molecule has 0 radical (unpaired) electrons. The van der Waals surface area contributed by atoms with Gasteiger partial charge in [0.25, 0.3) is 0 Å². The fraction of sp³-hybridized carbons (Fsp3) is 0.533. The Balaban J connectivity index is 2.09. The van der Waals surface area contributed by atoms with Crippen molar-refractivity contribution < 1.29 is 19.0 Å². The maximum Gasteiger partial charge on any atom is 0.323 e. The molecule has 5 nitrogen and oxygen atoms in total. The van der Waals surface area contributed by atoms with Crippen LogP contribution in [0.3, 0.4) is 0 Å². The number of benzene rings is 1. The molecule has 21 heavy (non-hydrogen) atoms. The first-order chi connectivity index (χ1) is 10.0. The molecule has 0 aromatic heterocycles. The number of carbonyl (C=O) groups excluding carboxylic acids is 1. The van der Waals surface area contributed by atoms with Gasteiger partial charge in [0.15, 0.2) is 11.5 Å². The van der Waals surface area contributed by atoms with E-state index in [2.05, 4.69) is 5.32 Å². The number of halogens is 1. The van der Waals surface area contributed by atoms with E-state index in [4.69, 9.17) is 25.8 Å². The smallest absolute Gasteiger partial charge is 0.323 e. The molecule has 6 heteroatoms. The highest BCUT2D eigenvalue weighted by atomic mass is 35.5. The number of hydrogen-bond acceptors (Lipinski definition) is 5. The van der Waals surface area contributed by atoms with Crippen LogP contribution in [-0.4, -0.2) is 32.3 Å². The molecule has 0 saturated carbocycles. The van der Waals surface area contributed by atoms with Crippen LogP contribution in [0.25, 0.3) is 0 Å². The Morgan fingerprint density at radius 2 is 2.10 bits per heavy atom. The molecule has 1 N–H and O–H groups in total. The van der Waals surface area contributed by atoms with Gasteiger partial charge in [-0.25, -0.2) is 0 Å². The van der Waals surface area contributed by atoms with Gasteiger partial charge in [0, 0.05) is 6.54 Å². The Hall–Kier alpha value is -1.46. The highest BCUT2D eigenvalue weighted by Gasteiger charge is 2.23. The van der Waals surface area contributed by atoms with Gasteiger partial charge in [0.2, 0.25) is 0 Å². The predicted molar refractivity (Wildman–Crippen MR) is 79.9 cm³/mol. The Kier molecular flexibility index (Phi) is 5.31. The van der Waals surface area contributed by atoms with Gasteiger partial charge in [-0.1, -0.05) is 25.4 Å². The van der Waals surface area contributed by atoms with Crippen LogP contribution in [0.5, 0.6) is 11.5 Å². The zero-order valence-electron chi connectivity index (χ0n) is 12.4. The number of nitrogens with one attached hydrogen (secondary N) is 1. The van der Waals surface area contributed by atoms with E-state index in [-0.39, 0.29) is 17.9 Å². The van der Waals surface area contributed by atoms with E-state index >= 15 is 0 Å². The van der Waals surface area contributed by atoms with Crippen LogP contribution in [0, 0.1) is 5.92 Å². The van der Waals surface area contributed by atoms with Crippen LogP contribution in [0.2, 0.25) is 5.02 Å². The maximum atomic E-state index is 11.7. The van der Waals surface area contributed by atoms with Crippen LogP contribution < -0.4 is 14.8 Å². The SMILES string of the molecule is COC(=O)[C@@H](NCc1cc(Cl)c2c(c1)OCCO2)C(C)C. The summed E-state index contributed by atoms with van der Waals surface area (Å²) in [6.45, 7) is 5.43. The first kappa shape index (κ1) is 15.9. The van der Waals surface area contributed by atoms with Gasteiger partial charge >= 0.3 is 5.97 Å². The van der Waals surface area contributed by atoms with E-state index in [9.17, 15) is 4.79 Å². The van der Waals surface area contributed by atoms with E-state index in [1.807, 2.05) is 26.0 Å². The maximum absolute atomic E-state index is 11.7. The van der Waals surface area contributed by atoms with E-state index < -0.39 is 0 Å². The summed E-state index contributed by atoms with van der Waals surface area (Å²) >= 11 is 6.19. The number of hydrogen-bond donors (Lipinski definition) is 1. The van der Waals surface area contributed by atoms with Crippen molar-refractivity contribution in [2.24, 2.45) is 5.92 Å². The molecule has 0 fully saturated rings. The highest BCUT2D eigenvalue weighted by molar-refractivity contribution is 6.32. The van der Waals surface area contributed by atoms with Crippen molar-refractivity contribution in [1.29, 1.82) is 0 Å². The topological polar surface area (TPSA) is 56.8 Å². The third-order valence-corrected chi connectivity index (χ3v) is 3.59. The average Bonchev–Trinajstić information content (AvgIpc) is 2.47. The van der Waals surface area contributed by atoms with Crippen molar-refractivity contribution in [3.63, 3.8) is 0 Å². The summed E-state index contributed by atoms with van der Waals surface area (Å²) in [6.07, 6.45) is 0. The summed E-state index contributed by atoms with van der Waals surface area (Å²) in [6, 6.07) is 3.33. The Labute approximate surface area is 129 Å². The molecule has 1 atom stereocenters. The van der Waals surface area contributed by atoms with Crippen molar-refractivity contribution in [1.82, 2.24) is 5.32 Å². The molecule has 1 aliphatic heterocycles. The number of rotatable bonds is 5. The molecule has 1 aliphatic rings. The first-order valence-electron chi connectivity index (χ1n) is 6.92. The van der Waals surface area contributed by atoms with Crippen molar-refractivity contribution in [2.75, 3.05) is 20.3 Å². The second-order valence-electron chi connectivity index (χ2n) is 5.23. The van der Waals surface area contributed by atoms with Crippen LogP contribution in [-0.2, 0) is 16.1 Å². The third kappa shape index (κ3) is 3.80. The molecule has 1 aromatic carbocycles. The van der Waals surface area contributed by atoms with Crippen molar-refractivity contribution >= 4 is 17.6 Å². The minimum atomic E-state index is -0.359. The average molecular weight is 314 g/mol. The van der Waals surface area contributed by atoms with E-state index in [0.717, 1.165) is 5.56 Å². The molecular weight excluding hydrogens is 294 g/mol. The van der Waals surface area contributed by atoms with Crippen LogP contribution >= 0.6 is 11.6 Å². The quantitative estimate of drug-likeness (QED) is 0.846. The normalized spacial score (nSPS) is 14.9. The van der Waals surface area contributed by atoms with E-state index in [0.29, 0.717) is 36.3 Å². The summed E-state index contributed by atoms with van der Waals surface area (Å²) < 4.78 is 15.8. The fourth-order valence-electron chi connectivity index (χ4n) is 2.21. The van der Waals surface area contributed by atoms with Gasteiger partial charge in [-0.2, -0.15) is 0 Å². The van der Waals surface area contributed by atoms with Gasteiger partial charge in [0.05, 0.1) is 12.1 Å². The Morgan fingerprint density at radius 3 is 2.76 bits per heavy atom. The summed E-state index contributed by atoms with van der Waals surface area (Å²) in [4.78, 5) is 11.7. The first-order valence-corrected chi connectivity index (χ1v) is 7.30. The van der Waals surface area contributed by atoms with Crippen LogP contribution in [0.4, 0.5) is 0 Å². The lowest BCUT2D eigenvalue weighted by molar-refractivity contribution is -0.144. The molecule has 0 amide bonds. The van der Waals surface area contributed by atoms with Crippen LogP contribution in [0.15, 0.2) is 12.1 Å². The molecule has 0 bridgehead atoms. The number of fused-ring (bicyclic) bond motifs is 1. The standard InChI is InChI=1S/C15H20ClNO4/c1-9(2)13(15(18)19-3)17-8-10-6-11(16)14-12(7-10)20-4-5-21-14/h6-7,9,13,17H,4-5,8H2,1-3H3/t13-/m0/s1. The predicted octanol–water partition coefficient (Wildman–Crippen LogP) is 2.40. The molecule has 0 unspecified atom stereocenters. The summed E-state index contributed by atoms with van der Waals surface area (Å²) in [5.74, 6) is 1.09. The lowest BCUT2D eigenvalue weighted by atomic mass is 10.0. The largest absolute Gasteiger partial charge is 0.486 e. The fourth-order valence-corrected chi connectivity index (χ4v) is 2.50. The minimum Gasteiger partial charge on any atom is -0.486 e. The molecule has 1 heterocycles. The van der Waals surface area contributed by atoms with Gasteiger partial charge < -0.3 is 19.5 Å². The zero-order chi connectivity index (χ0) is 15.4. The number of ether oxygens (including phenoxy) is 3. The molecule has 0 saturated heterocycles. The van der Waals surface area contributed by atoms with Gasteiger partial charge in [-0.15, -0.1) is 0 Å². The lowest BCUT2D eigenvalue weighted by Crippen LogP contribution is -2.41. The van der Waals surface area contributed by atoms with Crippen molar-refractivity contribution in [2.45, 2.75) is 26.4 Å². The molecule has 0 spiro atoms. The second-order valence-corrected chi connectivity index (χ2v) is 5.63. The Morgan fingerprint density at radius 1 is 1.38 bits per heavy atom. The number of esters is 1. The lowest BCUT2D eigenvalue weighted by Gasteiger charge is -2.22. The van der Waals surface area contributed by atoms with Crippen LogP contribution in [0.1, 0.15) is 19.4 Å². The molecule has 1 aromatic rings. The molecule has 116 valence electrons. The number of methoxy groups -OCH3 is 1. The summed E-state index contributed by atoms with van der Waals surface area (Å²) in [5.41, 5.74) is 0.929. The monoisotopic (exact) mass is 313 g/mol. The Bertz CT molecular complexity index is 519. The zero-order valence-corrected chi connectivity index (χ0v) is 13.2. The molecule has 2 rings (SSSR count). The van der Waals surface area contributed by atoms with E-state index in [1.54, 1.807) is 0 Å². The molecule has 0 aliphatic carbocycles. The molecular formula is C15H20ClNO4. The second kappa shape index (κ2) is 7.00. The van der Waals surface area contributed by atoms with Crippen molar-refractivity contribution in [3.8, 4) is 11.5 Å². The van der Waals surface area contributed by atoms with E-state index in [1.165, 1.54) is 7.11 Å².